The molecule has 198 valence electrons. The topological polar surface area (TPSA) is 130 Å². The van der Waals surface area contributed by atoms with Gasteiger partial charge in [-0.3, -0.25) is 9.36 Å². The highest BCUT2D eigenvalue weighted by Crippen LogP contribution is 2.21. The quantitative estimate of drug-likeness (QED) is 0.388. The third-order valence-corrected chi connectivity index (χ3v) is 8.31. The Hall–Kier alpha value is -3.40. The molecule has 1 heterocycles. The van der Waals surface area contributed by atoms with Gasteiger partial charge in [-0.15, -0.1) is 0 Å². The number of nitrogens with zero attached hydrogens (tertiary/aromatic N) is 1. The predicted octanol–water partition coefficient (Wildman–Crippen LogP) is 3.98. The maximum absolute atomic E-state index is 13.2. The molecule has 1 aliphatic rings. The van der Waals surface area contributed by atoms with Crippen LogP contribution in [-0.4, -0.2) is 30.0 Å². The molecular weight excluding hydrogens is 492 g/mol. The number of aromatic amines is 1. The molecular formula is C27H34N4O5S. The van der Waals surface area contributed by atoms with E-state index in [1.54, 1.807) is 36.4 Å². The molecule has 0 bridgehead atoms. The van der Waals surface area contributed by atoms with Gasteiger partial charge in [0, 0.05) is 12.1 Å². The summed E-state index contributed by atoms with van der Waals surface area (Å²) in [6.45, 7) is 2.04. The highest BCUT2D eigenvalue weighted by molar-refractivity contribution is 7.90. The minimum Gasteiger partial charge on any atom is -0.335 e. The number of carbonyl (C=O) groups is 1. The Morgan fingerprint density at radius 3 is 2.46 bits per heavy atom. The molecule has 2 aromatic carbocycles. The molecule has 2 amide bonds. The molecule has 4 rings (SSSR count). The van der Waals surface area contributed by atoms with Gasteiger partial charge in [0.2, 0.25) is 0 Å². The van der Waals surface area contributed by atoms with Crippen molar-refractivity contribution >= 4 is 27.0 Å². The molecule has 9 nitrogen and oxygen atoms in total. The molecule has 1 unspecified atom stereocenters. The largest absolute Gasteiger partial charge is 0.335 e. The van der Waals surface area contributed by atoms with Crippen LogP contribution in [0.4, 0.5) is 4.79 Å². The molecule has 0 aliphatic heterocycles. The minimum atomic E-state index is -4.03. The van der Waals surface area contributed by atoms with Crippen molar-refractivity contribution in [1.29, 1.82) is 0 Å². The van der Waals surface area contributed by atoms with Crippen LogP contribution < -0.4 is 21.3 Å². The van der Waals surface area contributed by atoms with Gasteiger partial charge in [-0.25, -0.2) is 22.7 Å². The first-order chi connectivity index (χ1) is 17.8. The van der Waals surface area contributed by atoms with Gasteiger partial charge in [0.1, 0.15) is 0 Å². The molecule has 1 aromatic heterocycles. The van der Waals surface area contributed by atoms with E-state index in [1.165, 1.54) is 16.7 Å². The summed E-state index contributed by atoms with van der Waals surface area (Å²) in [5.74, 6) is 0. The average molecular weight is 527 g/mol. The summed E-state index contributed by atoms with van der Waals surface area (Å²) in [4.78, 5) is 41.1. The van der Waals surface area contributed by atoms with Crippen molar-refractivity contribution in [3.05, 3.63) is 74.9 Å². The normalized spacial score (nSPS) is 15.4. The number of hydrogen-bond donors (Lipinski definition) is 3. The van der Waals surface area contributed by atoms with Gasteiger partial charge in [-0.1, -0.05) is 63.3 Å². The number of para-hydroxylation sites is 1. The van der Waals surface area contributed by atoms with E-state index in [-0.39, 0.29) is 22.5 Å². The summed E-state index contributed by atoms with van der Waals surface area (Å²) >= 11 is 0. The van der Waals surface area contributed by atoms with Crippen LogP contribution in [0.1, 0.15) is 69.9 Å². The van der Waals surface area contributed by atoms with E-state index in [0.717, 1.165) is 50.5 Å². The van der Waals surface area contributed by atoms with E-state index >= 15 is 0 Å². The van der Waals surface area contributed by atoms with Crippen molar-refractivity contribution in [2.75, 3.05) is 0 Å². The summed E-state index contributed by atoms with van der Waals surface area (Å²) in [7, 11) is -4.03. The molecule has 10 heteroatoms. The van der Waals surface area contributed by atoms with E-state index < -0.39 is 21.7 Å². The minimum absolute atomic E-state index is 0.00644. The smallest absolute Gasteiger partial charge is 0.329 e. The number of unbranched alkanes of at least 4 members (excludes halogenated alkanes) is 1. The molecule has 3 N–H and O–H groups in total. The molecule has 0 saturated heterocycles. The zero-order valence-electron chi connectivity index (χ0n) is 21.0. The molecule has 1 aliphatic carbocycles. The van der Waals surface area contributed by atoms with Crippen LogP contribution in [-0.2, 0) is 16.4 Å². The number of urea groups is 1. The van der Waals surface area contributed by atoms with Crippen LogP contribution in [0, 0.1) is 0 Å². The van der Waals surface area contributed by atoms with E-state index in [0.29, 0.717) is 23.7 Å². The fraction of sp³-hybridized carbons (Fsp3) is 0.444. The molecule has 0 radical (unpaired) electrons. The first kappa shape index (κ1) is 26.7. The Morgan fingerprint density at radius 2 is 1.76 bits per heavy atom. The van der Waals surface area contributed by atoms with E-state index in [9.17, 15) is 22.8 Å². The first-order valence-corrected chi connectivity index (χ1v) is 14.4. The number of aromatic nitrogens is 2. The van der Waals surface area contributed by atoms with Gasteiger partial charge in [0.15, 0.2) is 0 Å². The monoisotopic (exact) mass is 526 g/mol. The van der Waals surface area contributed by atoms with Crippen molar-refractivity contribution in [3.63, 3.8) is 0 Å². The van der Waals surface area contributed by atoms with Gasteiger partial charge in [-0.05, 0) is 55.5 Å². The standard InChI is InChI=1S/C27H34N4O5S/c1-2-3-11-21(31-25(32)23-12-7-8-13-24(23)29-27(31)34)18-19-14-16-22(17-15-19)37(35,36)30-26(33)28-20-9-5-4-6-10-20/h7-8,12-17,20-21H,2-6,9-11,18H2,1H3,(H,29,34)(H2,28,30,33). The van der Waals surface area contributed by atoms with Crippen LogP contribution in [0.3, 0.4) is 0 Å². The van der Waals surface area contributed by atoms with Crippen molar-refractivity contribution in [2.24, 2.45) is 0 Å². The Bertz CT molecular complexity index is 1450. The zero-order chi connectivity index (χ0) is 26.4. The fourth-order valence-electron chi connectivity index (χ4n) is 4.99. The van der Waals surface area contributed by atoms with Gasteiger partial charge in [0.05, 0.1) is 15.8 Å². The number of benzene rings is 2. The second-order valence-electron chi connectivity index (χ2n) is 9.71. The van der Waals surface area contributed by atoms with Gasteiger partial charge < -0.3 is 10.3 Å². The number of sulfonamides is 1. The Balaban J connectivity index is 1.51. The molecule has 3 aromatic rings. The molecule has 1 atom stereocenters. The predicted molar refractivity (Wildman–Crippen MR) is 143 cm³/mol. The Morgan fingerprint density at radius 1 is 1.05 bits per heavy atom. The van der Waals surface area contributed by atoms with Crippen molar-refractivity contribution in [3.8, 4) is 0 Å². The second kappa shape index (κ2) is 11.8. The number of fused-ring (bicyclic) bond motifs is 1. The number of rotatable bonds is 9. The summed E-state index contributed by atoms with van der Waals surface area (Å²) in [5.41, 5.74) is 0.480. The summed E-state index contributed by atoms with van der Waals surface area (Å²) in [5, 5.41) is 3.20. The lowest BCUT2D eigenvalue weighted by Crippen LogP contribution is -2.45. The number of nitrogens with one attached hydrogen (secondary N) is 3. The molecule has 0 spiro atoms. The lowest BCUT2D eigenvalue weighted by atomic mass is 9.96. The average Bonchev–Trinajstić information content (AvgIpc) is 2.87. The van der Waals surface area contributed by atoms with Crippen LogP contribution in [0.25, 0.3) is 10.9 Å². The molecule has 37 heavy (non-hydrogen) atoms. The van der Waals surface area contributed by atoms with Crippen LogP contribution >= 0.6 is 0 Å². The van der Waals surface area contributed by atoms with Crippen molar-refractivity contribution in [1.82, 2.24) is 19.6 Å². The third kappa shape index (κ3) is 6.49. The van der Waals surface area contributed by atoms with E-state index in [2.05, 4.69) is 15.0 Å². The number of H-pyrrole nitrogens is 1. The van der Waals surface area contributed by atoms with E-state index in [1.807, 2.05) is 6.92 Å². The first-order valence-electron chi connectivity index (χ1n) is 12.9. The fourth-order valence-corrected chi connectivity index (χ4v) is 5.90. The molecule has 1 saturated carbocycles. The zero-order valence-corrected chi connectivity index (χ0v) is 21.9. The maximum Gasteiger partial charge on any atom is 0.329 e. The number of amides is 2. The number of carbonyl (C=O) groups excluding carboxylic acids is 1. The van der Waals surface area contributed by atoms with Crippen molar-refractivity contribution in [2.45, 2.75) is 81.7 Å². The highest BCUT2D eigenvalue weighted by Gasteiger charge is 2.22. The lowest BCUT2D eigenvalue weighted by Gasteiger charge is -2.22. The highest BCUT2D eigenvalue weighted by atomic mass is 32.2. The van der Waals surface area contributed by atoms with Crippen molar-refractivity contribution < 1.29 is 13.2 Å². The third-order valence-electron chi connectivity index (χ3n) is 6.97. The van der Waals surface area contributed by atoms with Crippen LogP contribution in [0.15, 0.2) is 63.0 Å². The lowest BCUT2D eigenvalue weighted by molar-refractivity contribution is 0.237. The summed E-state index contributed by atoms with van der Waals surface area (Å²) < 4.78 is 28.8. The maximum atomic E-state index is 13.2. The van der Waals surface area contributed by atoms with E-state index in [4.69, 9.17) is 0 Å². The Labute approximate surface area is 216 Å². The van der Waals surface area contributed by atoms with Crippen LogP contribution in [0.5, 0.6) is 0 Å². The molecule has 1 fully saturated rings. The van der Waals surface area contributed by atoms with Crippen LogP contribution in [0.2, 0.25) is 0 Å². The van der Waals surface area contributed by atoms with Gasteiger partial charge in [0.25, 0.3) is 15.6 Å². The Kier molecular flexibility index (Phi) is 8.48. The SMILES string of the molecule is CCCCC(Cc1ccc(S(=O)(=O)NC(=O)NC2CCCCC2)cc1)n1c(=O)[nH]c2ccccc2c1=O. The summed E-state index contributed by atoms with van der Waals surface area (Å²) in [6, 6.07) is 12.0. The summed E-state index contributed by atoms with van der Waals surface area (Å²) in [6.07, 6.45) is 7.63. The van der Waals surface area contributed by atoms with Gasteiger partial charge in [-0.2, -0.15) is 0 Å². The second-order valence-corrected chi connectivity index (χ2v) is 11.4. The van der Waals surface area contributed by atoms with Gasteiger partial charge >= 0.3 is 11.7 Å². The number of hydrogen-bond acceptors (Lipinski definition) is 5.